The van der Waals surface area contributed by atoms with Gasteiger partial charge >= 0.3 is 36.2 Å². The fourth-order valence-electron chi connectivity index (χ4n) is 3.63. The highest BCUT2D eigenvalue weighted by Crippen LogP contribution is 2.37. The molecular weight excluding hydrogens is 600 g/mol. The van der Waals surface area contributed by atoms with Crippen LogP contribution in [-0.4, -0.2) is 69.5 Å². The zero-order valence-electron chi connectivity index (χ0n) is 21.5. The number of hydrogen-bond donors (Lipinski definition) is 1. The lowest BCUT2D eigenvalue weighted by molar-refractivity contribution is -0.254. The lowest BCUT2D eigenvalue weighted by atomic mass is 9.97. The van der Waals surface area contributed by atoms with Crippen molar-refractivity contribution in [2.75, 3.05) is 6.61 Å². The molecule has 1 aliphatic rings. The molecule has 1 N–H and O–H groups in total. The number of ether oxygens (including phenoxy) is 5. The molecule has 12 nitrogen and oxygen atoms in total. The third-order valence-corrected chi connectivity index (χ3v) is 6.53. The first kappa shape index (κ1) is 33.8. The molecule has 1 aromatic carbocycles. The minimum absolute atomic E-state index is 0.0806. The number of sulfonamides is 1. The van der Waals surface area contributed by atoms with E-state index in [4.69, 9.17) is 23.7 Å². The number of hydrogen-bond acceptors (Lipinski definition) is 11. The second-order valence-electron chi connectivity index (χ2n) is 8.48. The molecule has 19 heteroatoms. The summed E-state index contributed by atoms with van der Waals surface area (Å²) >= 11 is 0. The van der Waals surface area contributed by atoms with E-state index in [2.05, 4.69) is 0 Å². The van der Waals surface area contributed by atoms with Crippen molar-refractivity contribution in [2.45, 2.75) is 75.6 Å². The molecule has 0 saturated carbocycles. The molecule has 0 aliphatic carbocycles. The Labute approximate surface area is 228 Å². The van der Waals surface area contributed by atoms with E-state index in [1.54, 1.807) is 4.72 Å². The fraction of sp³-hybridized carbons (Fsp3) is 0.545. The van der Waals surface area contributed by atoms with Crippen LogP contribution in [0.5, 0.6) is 0 Å². The van der Waals surface area contributed by atoms with Crippen LogP contribution in [0.25, 0.3) is 0 Å². The van der Waals surface area contributed by atoms with Crippen LogP contribution < -0.4 is 4.72 Å². The molecule has 2 rings (SSSR count). The van der Waals surface area contributed by atoms with Gasteiger partial charge in [-0.1, -0.05) is 0 Å². The SMILES string of the molecule is CC(=O)OCC1O[C@@H](NS(=O)(=O)c2cc(C(F)(F)F)cc(C(F)(F)F)c2)C(OC(C)=O)[C@@H](OC(C)=O)[C@@H]1OC(C)=O. The van der Waals surface area contributed by atoms with Crippen LogP contribution in [0.1, 0.15) is 38.8 Å². The quantitative estimate of drug-likeness (QED) is 0.257. The second-order valence-corrected chi connectivity index (χ2v) is 10.2. The largest absolute Gasteiger partial charge is 0.463 e. The number of carbonyl (C=O) groups is 4. The number of halogens is 6. The van der Waals surface area contributed by atoms with Crippen molar-refractivity contribution in [3.05, 3.63) is 29.3 Å². The van der Waals surface area contributed by atoms with E-state index < -0.39 is 99.5 Å². The Morgan fingerprint density at radius 1 is 0.756 bits per heavy atom. The average molecular weight is 623 g/mol. The van der Waals surface area contributed by atoms with E-state index in [0.29, 0.717) is 0 Å². The summed E-state index contributed by atoms with van der Waals surface area (Å²) in [6.45, 7) is 2.78. The van der Waals surface area contributed by atoms with E-state index in [0.717, 1.165) is 27.7 Å². The summed E-state index contributed by atoms with van der Waals surface area (Å²) in [4.78, 5) is 45.3. The molecule has 1 aliphatic heterocycles. The number of esters is 4. The Bertz CT molecular complexity index is 1250. The van der Waals surface area contributed by atoms with Gasteiger partial charge < -0.3 is 23.7 Å². The van der Waals surface area contributed by atoms with Crippen LogP contribution >= 0.6 is 0 Å². The number of rotatable bonds is 8. The molecule has 5 atom stereocenters. The highest BCUT2D eigenvalue weighted by atomic mass is 32.2. The zero-order valence-corrected chi connectivity index (χ0v) is 22.3. The number of nitrogens with one attached hydrogen (secondary N) is 1. The van der Waals surface area contributed by atoms with Crippen molar-refractivity contribution in [3.8, 4) is 0 Å². The third-order valence-electron chi connectivity index (χ3n) is 5.13. The van der Waals surface area contributed by atoms with Crippen LogP contribution in [0.3, 0.4) is 0 Å². The van der Waals surface area contributed by atoms with Crippen molar-refractivity contribution in [3.63, 3.8) is 0 Å². The molecule has 0 spiro atoms. The summed E-state index contributed by atoms with van der Waals surface area (Å²) in [5.74, 6) is -4.12. The lowest BCUT2D eigenvalue weighted by Gasteiger charge is -2.44. The molecule has 1 fully saturated rings. The van der Waals surface area contributed by atoms with E-state index in [1.807, 2.05) is 0 Å². The summed E-state index contributed by atoms with van der Waals surface area (Å²) in [7, 11) is -5.36. The van der Waals surface area contributed by atoms with Gasteiger partial charge in [0.25, 0.3) is 0 Å². The lowest BCUT2D eigenvalue weighted by Crippen LogP contribution is -2.66. The fourth-order valence-corrected chi connectivity index (χ4v) is 4.82. The summed E-state index contributed by atoms with van der Waals surface area (Å²) in [6, 6.07) is -0.459. The molecule has 230 valence electrons. The molecule has 1 heterocycles. The van der Waals surface area contributed by atoms with Crippen molar-refractivity contribution in [2.24, 2.45) is 0 Å². The Morgan fingerprint density at radius 3 is 1.61 bits per heavy atom. The molecular formula is C22H23F6NO11S. The highest BCUT2D eigenvalue weighted by molar-refractivity contribution is 7.89. The predicted octanol–water partition coefficient (Wildman–Crippen LogP) is 2.09. The molecule has 1 saturated heterocycles. The zero-order chi connectivity index (χ0) is 31.5. The van der Waals surface area contributed by atoms with Crippen LogP contribution in [0.15, 0.2) is 23.1 Å². The predicted molar refractivity (Wildman–Crippen MR) is 119 cm³/mol. The Kier molecular flexibility index (Phi) is 10.4. The summed E-state index contributed by atoms with van der Waals surface area (Å²) < 4.78 is 133. The average Bonchev–Trinajstić information content (AvgIpc) is 2.79. The molecule has 1 aromatic rings. The van der Waals surface area contributed by atoms with Gasteiger partial charge in [-0.05, 0) is 18.2 Å². The summed E-state index contributed by atoms with van der Waals surface area (Å²) in [5, 5.41) is 0. The number of alkyl halides is 6. The van der Waals surface area contributed by atoms with Crippen molar-refractivity contribution < 1.29 is 77.6 Å². The topological polar surface area (TPSA) is 161 Å². The van der Waals surface area contributed by atoms with Crippen molar-refractivity contribution in [1.29, 1.82) is 0 Å². The van der Waals surface area contributed by atoms with Gasteiger partial charge in [0.15, 0.2) is 24.5 Å². The summed E-state index contributed by atoms with van der Waals surface area (Å²) in [5.41, 5.74) is -3.90. The van der Waals surface area contributed by atoms with Gasteiger partial charge in [0.2, 0.25) is 10.0 Å². The second kappa shape index (κ2) is 12.6. The van der Waals surface area contributed by atoms with E-state index in [1.165, 1.54) is 0 Å². The van der Waals surface area contributed by atoms with Crippen molar-refractivity contribution in [1.82, 2.24) is 4.72 Å². The molecule has 2 unspecified atom stereocenters. The normalized spacial score (nSPS) is 23.3. The van der Waals surface area contributed by atoms with Gasteiger partial charge in [-0.2, -0.15) is 31.1 Å². The molecule has 0 radical (unpaired) electrons. The minimum atomic E-state index is -5.39. The van der Waals surface area contributed by atoms with E-state index >= 15 is 0 Å². The molecule has 0 bridgehead atoms. The van der Waals surface area contributed by atoms with Crippen LogP contribution in [0, 0.1) is 0 Å². The summed E-state index contributed by atoms with van der Waals surface area (Å²) in [6.07, 6.45) is -20.2. The number of benzene rings is 1. The standard InChI is InChI=1S/C22H23F6NO11S/c1-9(30)36-8-16-17(37-10(2)31)18(38-11(3)32)19(39-12(4)33)20(40-16)29-41(34,35)15-6-13(21(23,24)25)5-14(7-15)22(26,27)28/h5-7,16-20,29H,8H2,1-4H3/t16?,17-,18+,19?,20-/m1/s1. The van der Waals surface area contributed by atoms with Gasteiger partial charge in [-0.25, -0.2) is 8.42 Å². The molecule has 0 aromatic heterocycles. The van der Waals surface area contributed by atoms with Gasteiger partial charge in [-0.3, -0.25) is 19.2 Å². The van der Waals surface area contributed by atoms with Gasteiger partial charge in [0, 0.05) is 27.7 Å². The first-order valence-electron chi connectivity index (χ1n) is 11.2. The molecule has 0 amide bonds. The number of carbonyl (C=O) groups excluding carboxylic acids is 4. The highest BCUT2D eigenvalue weighted by Gasteiger charge is 2.53. The van der Waals surface area contributed by atoms with E-state index in [9.17, 15) is 53.9 Å². The van der Waals surface area contributed by atoms with Crippen LogP contribution in [0.4, 0.5) is 26.3 Å². The Hall–Kier alpha value is -3.45. The maximum atomic E-state index is 13.3. The Balaban J connectivity index is 2.67. The van der Waals surface area contributed by atoms with E-state index in [-0.39, 0.29) is 18.2 Å². The maximum absolute atomic E-state index is 13.3. The van der Waals surface area contributed by atoms with Gasteiger partial charge in [-0.15, -0.1) is 0 Å². The Morgan fingerprint density at radius 2 is 1.20 bits per heavy atom. The minimum Gasteiger partial charge on any atom is -0.463 e. The van der Waals surface area contributed by atoms with Gasteiger partial charge in [0.05, 0.1) is 16.0 Å². The first-order valence-corrected chi connectivity index (χ1v) is 12.7. The van der Waals surface area contributed by atoms with Crippen LogP contribution in [-0.2, 0) is 65.2 Å². The first-order chi connectivity index (χ1) is 18.6. The van der Waals surface area contributed by atoms with Gasteiger partial charge in [0.1, 0.15) is 12.7 Å². The van der Waals surface area contributed by atoms with Crippen molar-refractivity contribution >= 4 is 33.9 Å². The monoisotopic (exact) mass is 623 g/mol. The van der Waals surface area contributed by atoms with Crippen LogP contribution in [0.2, 0.25) is 0 Å². The smallest absolute Gasteiger partial charge is 0.416 e. The maximum Gasteiger partial charge on any atom is 0.416 e. The molecule has 41 heavy (non-hydrogen) atoms. The third kappa shape index (κ3) is 9.28.